The number of hydrogen-bond donors (Lipinski definition) is 0. The molecule has 0 aliphatic rings. The second-order valence-corrected chi connectivity index (χ2v) is 8.16. The van der Waals surface area contributed by atoms with Crippen LogP contribution in [0, 0.1) is 0 Å². The van der Waals surface area contributed by atoms with E-state index >= 15 is 0 Å². The maximum atomic E-state index is 13.0. The monoisotopic (exact) mass is 451 g/mol. The van der Waals surface area contributed by atoms with Crippen LogP contribution in [0.4, 0.5) is 26.3 Å². The number of nitrogens with zero attached hydrogens (tertiary/aromatic N) is 5. The van der Waals surface area contributed by atoms with Gasteiger partial charge in [-0.15, -0.1) is 10.2 Å². The average Bonchev–Trinajstić information content (AvgIpc) is 3.00. The molecule has 0 bridgehead atoms. The van der Waals surface area contributed by atoms with Gasteiger partial charge in [0.25, 0.3) is 0 Å². The van der Waals surface area contributed by atoms with Crippen LogP contribution in [0.1, 0.15) is 11.1 Å². The molecule has 0 amide bonds. The molecule has 0 fully saturated rings. The highest BCUT2D eigenvalue weighted by molar-refractivity contribution is 7.90. The van der Waals surface area contributed by atoms with E-state index in [1.807, 2.05) is 0 Å². The van der Waals surface area contributed by atoms with E-state index in [-0.39, 0.29) is 17.3 Å². The minimum Gasteiger partial charge on any atom is -0.307 e. The van der Waals surface area contributed by atoms with Crippen LogP contribution in [0.5, 0.6) is 0 Å². The second kappa shape index (κ2) is 7.04. The predicted octanol–water partition coefficient (Wildman–Crippen LogP) is 3.38. The quantitative estimate of drug-likeness (QED) is 0.567. The molecule has 0 spiro atoms. The summed E-state index contributed by atoms with van der Waals surface area (Å²) in [6.45, 7) is 0. The molecule has 3 aromatic heterocycles. The molecule has 0 unspecified atom stereocenters. The molecule has 3 rings (SSSR count). The van der Waals surface area contributed by atoms with Crippen molar-refractivity contribution in [2.45, 2.75) is 17.2 Å². The average molecular weight is 451 g/mol. The Labute approximate surface area is 165 Å². The van der Waals surface area contributed by atoms with Crippen LogP contribution >= 0.6 is 0 Å². The molecule has 0 radical (unpaired) electrons. The van der Waals surface area contributed by atoms with Gasteiger partial charge in [-0.3, -0.25) is 9.97 Å². The number of pyridine rings is 2. The maximum absolute atomic E-state index is 13.0. The van der Waals surface area contributed by atoms with Crippen molar-refractivity contribution in [1.29, 1.82) is 0 Å². The SMILES string of the molecule is Cn1c(-c2cc(C(F)(F)F)ccn2)nnc1-c1ncc(C(F)(F)F)cc1S(C)(=O)=O. The molecule has 7 nitrogen and oxygen atoms in total. The van der Waals surface area contributed by atoms with Crippen molar-refractivity contribution in [2.75, 3.05) is 6.26 Å². The fourth-order valence-corrected chi connectivity index (χ4v) is 3.37. The van der Waals surface area contributed by atoms with Gasteiger partial charge in [0.2, 0.25) is 0 Å². The third-order valence-electron chi connectivity index (χ3n) is 3.98. The van der Waals surface area contributed by atoms with E-state index in [0.717, 1.165) is 16.8 Å². The molecule has 0 N–H and O–H groups in total. The number of hydrogen-bond acceptors (Lipinski definition) is 6. The van der Waals surface area contributed by atoms with E-state index in [1.54, 1.807) is 0 Å². The summed E-state index contributed by atoms with van der Waals surface area (Å²) in [4.78, 5) is 6.63. The molecule has 3 aromatic rings. The molecule has 3 heterocycles. The van der Waals surface area contributed by atoms with Gasteiger partial charge in [-0.25, -0.2) is 8.42 Å². The Balaban J connectivity index is 2.18. The largest absolute Gasteiger partial charge is 0.417 e. The summed E-state index contributed by atoms with van der Waals surface area (Å²) in [6, 6.07) is 1.87. The van der Waals surface area contributed by atoms with E-state index < -0.39 is 43.9 Å². The molecule has 30 heavy (non-hydrogen) atoms. The fraction of sp³-hybridized carbons (Fsp3) is 0.250. The van der Waals surface area contributed by atoms with Gasteiger partial charge in [0.05, 0.1) is 16.0 Å². The molecule has 0 saturated heterocycles. The van der Waals surface area contributed by atoms with Crippen molar-refractivity contribution in [3.63, 3.8) is 0 Å². The molecule has 0 saturated carbocycles. The Morgan fingerprint density at radius 2 is 1.50 bits per heavy atom. The maximum Gasteiger partial charge on any atom is 0.417 e. The van der Waals surface area contributed by atoms with Crippen LogP contribution in [0.3, 0.4) is 0 Å². The first-order chi connectivity index (χ1) is 13.7. The van der Waals surface area contributed by atoms with Crippen LogP contribution < -0.4 is 0 Å². The first kappa shape index (κ1) is 21.7. The minimum absolute atomic E-state index is 0.169. The summed E-state index contributed by atoms with van der Waals surface area (Å²) in [7, 11) is -2.88. The van der Waals surface area contributed by atoms with Gasteiger partial charge in [-0.1, -0.05) is 0 Å². The van der Waals surface area contributed by atoms with Crippen LogP contribution in [0.15, 0.2) is 35.5 Å². The van der Waals surface area contributed by atoms with Crippen molar-refractivity contribution in [2.24, 2.45) is 7.05 Å². The molecule has 0 aliphatic heterocycles. The number of alkyl halides is 6. The second-order valence-electron chi connectivity index (χ2n) is 6.17. The van der Waals surface area contributed by atoms with E-state index in [9.17, 15) is 34.8 Å². The zero-order chi connectivity index (χ0) is 22.5. The third kappa shape index (κ3) is 4.13. The van der Waals surface area contributed by atoms with Crippen molar-refractivity contribution in [3.8, 4) is 23.0 Å². The highest BCUT2D eigenvalue weighted by Gasteiger charge is 2.34. The Morgan fingerprint density at radius 3 is 2.07 bits per heavy atom. The lowest BCUT2D eigenvalue weighted by atomic mass is 10.2. The summed E-state index contributed by atoms with van der Waals surface area (Å²) >= 11 is 0. The Bertz CT molecular complexity index is 1220. The van der Waals surface area contributed by atoms with Gasteiger partial charge in [0, 0.05) is 25.7 Å². The number of halogens is 6. The molecule has 0 aliphatic carbocycles. The van der Waals surface area contributed by atoms with Crippen LogP contribution in [-0.4, -0.2) is 39.4 Å². The Morgan fingerprint density at radius 1 is 0.900 bits per heavy atom. The van der Waals surface area contributed by atoms with Crippen LogP contribution in [-0.2, 0) is 29.2 Å². The lowest BCUT2D eigenvalue weighted by Gasteiger charge is -2.12. The molecule has 0 aromatic carbocycles. The van der Waals surface area contributed by atoms with Crippen molar-refractivity contribution < 1.29 is 34.8 Å². The van der Waals surface area contributed by atoms with Gasteiger partial charge < -0.3 is 4.57 Å². The Hall–Kier alpha value is -3.03. The van der Waals surface area contributed by atoms with Crippen molar-refractivity contribution in [1.82, 2.24) is 24.7 Å². The van der Waals surface area contributed by atoms with Crippen molar-refractivity contribution >= 4 is 9.84 Å². The summed E-state index contributed by atoms with van der Waals surface area (Å²) in [5.74, 6) is -0.435. The summed E-state index contributed by atoms with van der Waals surface area (Å²) in [5, 5.41) is 7.41. The number of aromatic nitrogens is 5. The standard InChI is InChI=1S/C16H11F6N5O2S/c1-27-13(10-5-8(3-4-23-10)15(17,18)19)25-26-14(27)12-11(30(2,28)29)6-9(7-24-12)16(20,21)22/h3-7H,1-2H3. The molecular formula is C16H11F6N5O2S. The van der Waals surface area contributed by atoms with Crippen LogP contribution in [0.25, 0.3) is 23.0 Å². The zero-order valence-corrected chi connectivity index (χ0v) is 15.9. The number of rotatable bonds is 3. The molecule has 14 heteroatoms. The lowest BCUT2D eigenvalue weighted by molar-refractivity contribution is -0.138. The fourth-order valence-electron chi connectivity index (χ4n) is 2.54. The van der Waals surface area contributed by atoms with E-state index in [2.05, 4.69) is 20.2 Å². The molecule has 160 valence electrons. The van der Waals surface area contributed by atoms with Gasteiger partial charge in [-0.2, -0.15) is 26.3 Å². The molecular weight excluding hydrogens is 440 g/mol. The van der Waals surface area contributed by atoms with E-state index in [1.165, 1.54) is 7.05 Å². The first-order valence-electron chi connectivity index (χ1n) is 7.90. The zero-order valence-electron chi connectivity index (χ0n) is 15.1. The third-order valence-corrected chi connectivity index (χ3v) is 5.09. The van der Waals surface area contributed by atoms with Gasteiger partial charge >= 0.3 is 12.4 Å². The van der Waals surface area contributed by atoms with Gasteiger partial charge in [-0.05, 0) is 18.2 Å². The van der Waals surface area contributed by atoms with Gasteiger partial charge in [0.1, 0.15) is 11.4 Å². The number of sulfone groups is 1. The smallest absolute Gasteiger partial charge is 0.307 e. The minimum atomic E-state index is -4.84. The van der Waals surface area contributed by atoms with Crippen molar-refractivity contribution in [3.05, 3.63) is 41.7 Å². The highest BCUT2D eigenvalue weighted by Crippen LogP contribution is 2.34. The first-order valence-corrected chi connectivity index (χ1v) is 9.79. The lowest BCUT2D eigenvalue weighted by Crippen LogP contribution is -2.11. The van der Waals surface area contributed by atoms with E-state index in [0.29, 0.717) is 24.6 Å². The normalized spacial score (nSPS) is 12.9. The predicted molar refractivity (Wildman–Crippen MR) is 90.6 cm³/mol. The topological polar surface area (TPSA) is 90.6 Å². The van der Waals surface area contributed by atoms with E-state index in [4.69, 9.17) is 0 Å². The molecule has 0 atom stereocenters. The summed E-state index contributed by atoms with van der Waals surface area (Å²) < 4.78 is 103. The Kier molecular flexibility index (Phi) is 5.08. The van der Waals surface area contributed by atoms with Gasteiger partial charge in [0.15, 0.2) is 21.5 Å². The summed E-state index contributed by atoms with van der Waals surface area (Å²) in [5.41, 5.74) is -2.94. The highest BCUT2D eigenvalue weighted by atomic mass is 32.2. The summed E-state index contributed by atoms with van der Waals surface area (Å²) in [6.07, 6.45) is -7.44. The van der Waals surface area contributed by atoms with Crippen LogP contribution in [0.2, 0.25) is 0 Å².